The van der Waals surface area contributed by atoms with Crippen LogP contribution in [0, 0.1) is 17.8 Å². The number of amides is 1. The van der Waals surface area contributed by atoms with Crippen LogP contribution in [0.3, 0.4) is 0 Å². The van der Waals surface area contributed by atoms with Crippen LogP contribution in [-0.2, 0) is 10.0 Å². The highest BCUT2D eigenvalue weighted by molar-refractivity contribution is 7.89. The molecule has 170 valence electrons. The van der Waals surface area contributed by atoms with Crippen LogP contribution >= 0.6 is 0 Å². The first-order chi connectivity index (χ1) is 14.8. The third-order valence-electron chi connectivity index (χ3n) is 8.23. The normalized spacial score (nSPS) is 34.8. The molecule has 1 aromatic carbocycles. The summed E-state index contributed by atoms with van der Waals surface area (Å²) in [5.41, 5.74) is 0.541. The van der Waals surface area contributed by atoms with E-state index in [-0.39, 0.29) is 16.4 Å². The van der Waals surface area contributed by atoms with E-state index in [2.05, 4.69) is 10.2 Å². The Labute approximate surface area is 184 Å². The molecule has 0 radical (unpaired) electrons. The number of carbonyl (C=O) groups excluding carboxylic acids is 1. The predicted molar refractivity (Wildman–Crippen MR) is 117 cm³/mol. The number of primary sulfonamides is 1. The maximum atomic E-state index is 13.0. The van der Waals surface area contributed by atoms with E-state index in [1.807, 2.05) is 0 Å². The van der Waals surface area contributed by atoms with Crippen LogP contribution in [0.2, 0.25) is 0 Å². The van der Waals surface area contributed by atoms with Gasteiger partial charge in [-0.3, -0.25) is 9.69 Å². The van der Waals surface area contributed by atoms with Gasteiger partial charge in [-0.25, -0.2) is 13.6 Å². The molecule has 1 saturated heterocycles. The van der Waals surface area contributed by atoms with Crippen molar-refractivity contribution < 1.29 is 17.9 Å². The van der Waals surface area contributed by atoms with E-state index in [4.69, 9.17) is 9.88 Å². The molecule has 3 N–H and O–H groups in total. The number of nitrogens with zero attached hydrogens (tertiary/aromatic N) is 1. The van der Waals surface area contributed by atoms with Gasteiger partial charge in [-0.1, -0.05) is 0 Å². The van der Waals surface area contributed by atoms with E-state index >= 15 is 0 Å². The molecule has 0 spiro atoms. The van der Waals surface area contributed by atoms with Crippen LogP contribution in [0.4, 0.5) is 0 Å². The zero-order valence-electron chi connectivity index (χ0n) is 18.2. The standard InChI is InChI=1S/C23H33N3O4S/c1-30-21-5-4-19(31(24,28)29)10-20(21)22(27)25-14-18-3-2-6-26(18)23-11-15-7-16(12-23)9-17(8-15)13-23/h4-5,10,15-18H,2-3,6-9,11-14H2,1H3,(H,25,27)(H2,24,28,29). The van der Waals surface area contributed by atoms with Crippen molar-refractivity contribution >= 4 is 15.9 Å². The van der Waals surface area contributed by atoms with E-state index in [9.17, 15) is 13.2 Å². The van der Waals surface area contributed by atoms with Gasteiger partial charge in [0.05, 0.1) is 17.6 Å². The largest absolute Gasteiger partial charge is 0.496 e. The summed E-state index contributed by atoms with van der Waals surface area (Å²) in [7, 11) is -2.43. The maximum Gasteiger partial charge on any atom is 0.255 e. The van der Waals surface area contributed by atoms with Crippen LogP contribution in [0.1, 0.15) is 61.7 Å². The van der Waals surface area contributed by atoms with Crippen molar-refractivity contribution in [3.63, 3.8) is 0 Å². The Hall–Kier alpha value is -1.64. The first kappa shape index (κ1) is 21.2. The Morgan fingerprint density at radius 2 is 1.84 bits per heavy atom. The van der Waals surface area contributed by atoms with Gasteiger partial charge in [0.2, 0.25) is 10.0 Å². The van der Waals surface area contributed by atoms with Gasteiger partial charge >= 0.3 is 0 Å². The molecule has 1 unspecified atom stereocenters. The summed E-state index contributed by atoms with van der Waals surface area (Å²) in [6.07, 6.45) is 10.5. The lowest BCUT2D eigenvalue weighted by Gasteiger charge is -2.61. The minimum Gasteiger partial charge on any atom is -0.496 e. The number of nitrogens with two attached hydrogens (primary N) is 1. The molecule has 4 saturated carbocycles. The number of likely N-dealkylation sites (tertiary alicyclic amines) is 1. The molecule has 5 fully saturated rings. The molecule has 5 aliphatic rings. The van der Waals surface area contributed by atoms with Gasteiger partial charge in [0.1, 0.15) is 5.75 Å². The minimum atomic E-state index is -3.89. The molecule has 31 heavy (non-hydrogen) atoms. The smallest absolute Gasteiger partial charge is 0.255 e. The van der Waals surface area contributed by atoms with Gasteiger partial charge in [-0.15, -0.1) is 0 Å². The first-order valence-electron chi connectivity index (χ1n) is 11.5. The molecular formula is C23H33N3O4S. The number of nitrogens with one attached hydrogen (secondary N) is 1. The van der Waals surface area contributed by atoms with Crippen LogP contribution < -0.4 is 15.2 Å². The van der Waals surface area contributed by atoms with Crippen molar-refractivity contribution in [2.45, 2.75) is 67.8 Å². The zero-order valence-corrected chi connectivity index (χ0v) is 19.0. The monoisotopic (exact) mass is 447 g/mol. The summed E-state index contributed by atoms with van der Waals surface area (Å²) in [5, 5.41) is 8.31. The first-order valence-corrected chi connectivity index (χ1v) is 13.1. The van der Waals surface area contributed by atoms with Crippen LogP contribution in [0.25, 0.3) is 0 Å². The summed E-state index contributed by atoms with van der Waals surface area (Å²) in [6.45, 7) is 1.69. The second-order valence-corrected chi connectivity index (χ2v) is 11.8. The number of hydrogen-bond donors (Lipinski definition) is 2. The van der Waals surface area contributed by atoms with Crippen LogP contribution in [0.15, 0.2) is 23.1 Å². The second-order valence-electron chi connectivity index (χ2n) is 10.2. The molecule has 7 nitrogen and oxygen atoms in total. The summed E-state index contributed by atoms with van der Waals surface area (Å²) >= 11 is 0. The Morgan fingerprint density at radius 1 is 1.19 bits per heavy atom. The van der Waals surface area contributed by atoms with Gasteiger partial charge < -0.3 is 10.1 Å². The molecule has 1 heterocycles. The molecule has 1 amide bonds. The molecule has 0 aromatic heterocycles. The van der Waals surface area contributed by atoms with Crippen molar-refractivity contribution in [1.82, 2.24) is 10.2 Å². The second kappa shape index (κ2) is 7.74. The van der Waals surface area contributed by atoms with Gasteiger partial charge in [0.25, 0.3) is 5.91 Å². The van der Waals surface area contributed by atoms with Crippen LogP contribution in [-0.4, -0.2) is 51.0 Å². The average molecular weight is 448 g/mol. The molecule has 1 atom stereocenters. The third kappa shape index (κ3) is 3.87. The number of methoxy groups -OCH3 is 1. The van der Waals surface area contributed by atoms with Gasteiger partial charge in [0, 0.05) is 18.1 Å². The highest BCUT2D eigenvalue weighted by Crippen LogP contribution is 2.58. The molecule has 6 rings (SSSR count). The number of rotatable bonds is 6. The van der Waals surface area contributed by atoms with Gasteiger partial charge in [-0.05, 0) is 93.9 Å². The predicted octanol–water partition coefficient (Wildman–Crippen LogP) is 2.51. The zero-order chi connectivity index (χ0) is 21.8. The highest BCUT2D eigenvalue weighted by atomic mass is 32.2. The molecule has 8 heteroatoms. The van der Waals surface area contributed by atoms with E-state index in [1.165, 1.54) is 70.3 Å². The SMILES string of the molecule is COc1ccc(S(N)(=O)=O)cc1C(=O)NCC1CCCN1C12CC3CC(CC(C3)C1)C2. The molecule has 1 aromatic rings. The minimum absolute atomic E-state index is 0.0884. The Morgan fingerprint density at radius 3 is 2.42 bits per heavy atom. The molecule has 4 bridgehead atoms. The fraction of sp³-hybridized carbons (Fsp3) is 0.696. The summed E-state index contributed by atoms with van der Waals surface area (Å²) in [5.74, 6) is 2.71. The fourth-order valence-corrected chi connectivity index (χ4v) is 7.98. The lowest BCUT2D eigenvalue weighted by Crippen LogP contribution is -2.62. The number of carbonyl (C=O) groups is 1. The summed E-state index contributed by atoms with van der Waals surface area (Å²) < 4.78 is 28.7. The van der Waals surface area contributed by atoms with Crippen molar-refractivity contribution in [3.8, 4) is 5.75 Å². The number of hydrogen-bond acceptors (Lipinski definition) is 5. The van der Waals surface area contributed by atoms with Crippen molar-refractivity contribution in [2.24, 2.45) is 22.9 Å². The van der Waals surface area contributed by atoms with E-state index in [1.54, 1.807) is 0 Å². The van der Waals surface area contributed by atoms with Crippen molar-refractivity contribution in [2.75, 3.05) is 20.2 Å². The van der Waals surface area contributed by atoms with Crippen molar-refractivity contribution in [3.05, 3.63) is 23.8 Å². The van der Waals surface area contributed by atoms with E-state index in [0.717, 1.165) is 30.7 Å². The van der Waals surface area contributed by atoms with Crippen LogP contribution in [0.5, 0.6) is 5.75 Å². The fourth-order valence-electron chi connectivity index (χ4n) is 7.44. The maximum absolute atomic E-state index is 13.0. The van der Waals surface area contributed by atoms with E-state index in [0.29, 0.717) is 23.9 Å². The molecule has 1 aliphatic heterocycles. The lowest BCUT2D eigenvalue weighted by molar-refractivity contribution is -0.0930. The highest BCUT2D eigenvalue weighted by Gasteiger charge is 2.55. The topological polar surface area (TPSA) is 102 Å². The third-order valence-corrected chi connectivity index (χ3v) is 9.15. The molecule has 4 aliphatic carbocycles. The Balaban J connectivity index is 1.30. The lowest BCUT2D eigenvalue weighted by atomic mass is 9.52. The van der Waals surface area contributed by atoms with Crippen molar-refractivity contribution in [1.29, 1.82) is 0 Å². The number of sulfonamides is 1. The average Bonchev–Trinajstić information content (AvgIpc) is 3.19. The molecular weight excluding hydrogens is 414 g/mol. The summed E-state index contributed by atoms with van der Waals surface area (Å²) in [6, 6.07) is 4.48. The summed E-state index contributed by atoms with van der Waals surface area (Å²) in [4.78, 5) is 15.6. The Kier molecular flexibility index (Phi) is 5.30. The number of benzene rings is 1. The van der Waals surface area contributed by atoms with Gasteiger partial charge in [-0.2, -0.15) is 0 Å². The number of ether oxygens (including phenoxy) is 1. The Bertz CT molecular complexity index is 942. The van der Waals surface area contributed by atoms with E-state index < -0.39 is 10.0 Å². The quantitative estimate of drug-likeness (QED) is 0.698. The van der Waals surface area contributed by atoms with Gasteiger partial charge in [0.15, 0.2) is 0 Å².